The van der Waals surface area contributed by atoms with Gasteiger partial charge in [0, 0.05) is 35.2 Å². The summed E-state index contributed by atoms with van der Waals surface area (Å²) in [6.45, 7) is 6.57. The first-order chi connectivity index (χ1) is 13.8. The normalized spacial score (nSPS) is 11.0. The van der Waals surface area contributed by atoms with E-state index >= 15 is 0 Å². The Kier molecular flexibility index (Phi) is 5.87. The van der Waals surface area contributed by atoms with Gasteiger partial charge in [0.15, 0.2) is 0 Å². The molecule has 0 fully saturated rings. The molecular formula is C22H22N4O3. The first-order valence-corrected chi connectivity index (χ1v) is 9.16. The summed E-state index contributed by atoms with van der Waals surface area (Å²) >= 11 is 0. The number of hydrogen-bond donors (Lipinski definition) is 1. The number of nitro groups is 1. The van der Waals surface area contributed by atoms with Gasteiger partial charge in [0.25, 0.3) is 5.69 Å². The number of anilines is 1. The average molecular weight is 390 g/mol. The number of non-ortho nitro benzene ring substituents is 1. The Morgan fingerprint density at radius 1 is 1.17 bits per heavy atom. The lowest BCUT2D eigenvalue weighted by atomic mass is 10.1. The van der Waals surface area contributed by atoms with Crippen LogP contribution in [0.1, 0.15) is 28.1 Å². The monoisotopic (exact) mass is 390 g/mol. The van der Waals surface area contributed by atoms with Gasteiger partial charge in [-0.25, -0.2) is 0 Å². The molecule has 0 atom stereocenters. The molecule has 0 spiro atoms. The lowest BCUT2D eigenvalue weighted by molar-refractivity contribution is -0.384. The summed E-state index contributed by atoms with van der Waals surface area (Å²) in [5, 5.41) is 18.1. The quantitative estimate of drug-likeness (QED) is 0.383. The number of aryl methyl sites for hydroxylation is 2. The van der Waals surface area contributed by atoms with Crippen LogP contribution in [0.3, 0.4) is 0 Å². The van der Waals surface area contributed by atoms with Crippen LogP contribution in [-0.4, -0.2) is 20.6 Å². The van der Waals surface area contributed by atoms with Crippen molar-refractivity contribution in [3.63, 3.8) is 0 Å². The predicted octanol–water partition coefficient (Wildman–Crippen LogP) is 4.42. The van der Waals surface area contributed by atoms with E-state index in [0.717, 1.165) is 22.5 Å². The molecule has 7 heteroatoms. The highest BCUT2D eigenvalue weighted by molar-refractivity contribution is 6.02. The number of aromatic nitrogens is 2. The van der Waals surface area contributed by atoms with Crippen LogP contribution in [0.4, 0.5) is 11.4 Å². The van der Waals surface area contributed by atoms with Crippen LogP contribution in [0.5, 0.6) is 0 Å². The number of amides is 1. The van der Waals surface area contributed by atoms with Gasteiger partial charge >= 0.3 is 0 Å². The van der Waals surface area contributed by atoms with Crippen LogP contribution in [0.25, 0.3) is 6.08 Å². The second kappa shape index (κ2) is 8.52. The SMILES string of the molecule is Cc1ccc(Cn2nc(C)c(/C=C/C(=O)Nc3cccc([N+](=O)[O-])c3)c2C)cc1. The molecule has 3 aromatic rings. The predicted molar refractivity (Wildman–Crippen MR) is 113 cm³/mol. The zero-order chi connectivity index (χ0) is 21.0. The number of nitrogens with zero attached hydrogens (tertiary/aromatic N) is 3. The Morgan fingerprint density at radius 2 is 1.90 bits per heavy atom. The fourth-order valence-corrected chi connectivity index (χ4v) is 3.01. The minimum Gasteiger partial charge on any atom is -0.322 e. The molecule has 0 unspecified atom stereocenters. The van der Waals surface area contributed by atoms with Crippen molar-refractivity contribution in [2.75, 3.05) is 5.32 Å². The van der Waals surface area contributed by atoms with Crippen molar-refractivity contribution in [1.82, 2.24) is 9.78 Å². The zero-order valence-electron chi connectivity index (χ0n) is 16.5. The van der Waals surface area contributed by atoms with E-state index in [9.17, 15) is 14.9 Å². The van der Waals surface area contributed by atoms with E-state index in [1.165, 1.54) is 29.8 Å². The van der Waals surface area contributed by atoms with Crippen molar-refractivity contribution < 1.29 is 9.72 Å². The van der Waals surface area contributed by atoms with Gasteiger partial charge in [-0.05, 0) is 38.5 Å². The van der Waals surface area contributed by atoms with Crippen LogP contribution >= 0.6 is 0 Å². The molecule has 148 valence electrons. The maximum Gasteiger partial charge on any atom is 0.271 e. The van der Waals surface area contributed by atoms with Crippen LogP contribution in [-0.2, 0) is 11.3 Å². The molecule has 1 amide bonds. The first kappa shape index (κ1) is 20.0. The Morgan fingerprint density at radius 3 is 2.59 bits per heavy atom. The summed E-state index contributed by atoms with van der Waals surface area (Å²) < 4.78 is 1.91. The fourth-order valence-electron chi connectivity index (χ4n) is 3.01. The average Bonchev–Trinajstić information content (AvgIpc) is 2.95. The van der Waals surface area contributed by atoms with Gasteiger partial charge in [-0.2, -0.15) is 5.10 Å². The highest BCUT2D eigenvalue weighted by Gasteiger charge is 2.11. The van der Waals surface area contributed by atoms with Gasteiger partial charge in [0.2, 0.25) is 5.91 Å². The number of carbonyl (C=O) groups is 1. The Balaban J connectivity index is 1.72. The van der Waals surface area contributed by atoms with E-state index in [4.69, 9.17) is 0 Å². The molecule has 2 aromatic carbocycles. The standard InChI is InChI=1S/C22H22N4O3/c1-15-7-9-18(10-8-15)14-25-17(3)21(16(2)24-25)11-12-22(27)23-19-5-4-6-20(13-19)26(28)29/h4-13H,14H2,1-3H3,(H,23,27)/b12-11+. The van der Waals surface area contributed by atoms with E-state index in [0.29, 0.717) is 12.2 Å². The summed E-state index contributed by atoms with van der Waals surface area (Å²) in [6, 6.07) is 14.1. The van der Waals surface area contributed by atoms with E-state index < -0.39 is 4.92 Å². The largest absolute Gasteiger partial charge is 0.322 e. The lowest BCUT2D eigenvalue weighted by Gasteiger charge is -2.05. The summed E-state index contributed by atoms with van der Waals surface area (Å²) in [6.07, 6.45) is 3.13. The van der Waals surface area contributed by atoms with Gasteiger partial charge < -0.3 is 5.32 Å². The molecule has 1 N–H and O–H groups in total. The van der Waals surface area contributed by atoms with Crippen molar-refractivity contribution in [1.29, 1.82) is 0 Å². The summed E-state index contributed by atoms with van der Waals surface area (Å²) in [7, 11) is 0. The number of nitro benzene ring substituents is 1. The molecule has 0 saturated heterocycles. The van der Waals surface area contributed by atoms with Gasteiger partial charge in [0.05, 0.1) is 17.2 Å². The smallest absolute Gasteiger partial charge is 0.271 e. The van der Waals surface area contributed by atoms with Crippen LogP contribution in [0.2, 0.25) is 0 Å². The zero-order valence-corrected chi connectivity index (χ0v) is 16.5. The fraction of sp³-hybridized carbons (Fsp3) is 0.182. The molecule has 1 aromatic heterocycles. The summed E-state index contributed by atoms with van der Waals surface area (Å²) in [4.78, 5) is 22.6. The second-order valence-corrected chi connectivity index (χ2v) is 6.86. The highest BCUT2D eigenvalue weighted by Crippen LogP contribution is 2.19. The third-order valence-corrected chi connectivity index (χ3v) is 4.62. The third kappa shape index (κ3) is 4.95. The number of benzene rings is 2. The minimum atomic E-state index is -0.499. The molecule has 0 aliphatic heterocycles. The van der Waals surface area contributed by atoms with Crippen molar-refractivity contribution in [3.8, 4) is 0 Å². The Bertz CT molecular complexity index is 1080. The molecule has 1 heterocycles. The van der Waals surface area contributed by atoms with Crippen LogP contribution in [0, 0.1) is 30.9 Å². The molecule has 29 heavy (non-hydrogen) atoms. The summed E-state index contributed by atoms with van der Waals surface area (Å²) in [5.74, 6) is -0.365. The van der Waals surface area contributed by atoms with Gasteiger partial charge in [-0.3, -0.25) is 19.6 Å². The molecule has 0 saturated carbocycles. The van der Waals surface area contributed by atoms with E-state index in [2.05, 4.69) is 41.6 Å². The van der Waals surface area contributed by atoms with Gasteiger partial charge in [-0.15, -0.1) is 0 Å². The van der Waals surface area contributed by atoms with E-state index in [1.54, 1.807) is 12.1 Å². The molecule has 0 radical (unpaired) electrons. The van der Waals surface area contributed by atoms with E-state index in [-0.39, 0.29) is 11.6 Å². The maximum atomic E-state index is 12.2. The molecule has 0 aliphatic rings. The van der Waals surface area contributed by atoms with Crippen molar-refractivity contribution in [2.45, 2.75) is 27.3 Å². The first-order valence-electron chi connectivity index (χ1n) is 9.16. The number of nitrogens with one attached hydrogen (secondary N) is 1. The molecular weight excluding hydrogens is 368 g/mol. The topological polar surface area (TPSA) is 90.1 Å². The minimum absolute atomic E-state index is 0.0733. The summed E-state index contributed by atoms with van der Waals surface area (Å²) in [5.41, 5.74) is 5.33. The highest BCUT2D eigenvalue weighted by atomic mass is 16.6. The van der Waals surface area contributed by atoms with Crippen molar-refractivity contribution >= 4 is 23.4 Å². The van der Waals surface area contributed by atoms with Crippen molar-refractivity contribution in [3.05, 3.63) is 92.8 Å². The molecule has 7 nitrogen and oxygen atoms in total. The molecule has 0 bridgehead atoms. The van der Waals surface area contributed by atoms with Gasteiger partial charge in [-0.1, -0.05) is 35.9 Å². The van der Waals surface area contributed by atoms with Gasteiger partial charge in [0.1, 0.15) is 0 Å². The maximum absolute atomic E-state index is 12.2. The number of carbonyl (C=O) groups excluding carboxylic acids is 1. The molecule has 0 aliphatic carbocycles. The molecule has 3 rings (SSSR count). The third-order valence-electron chi connectivity index (χ3n) is 4.62. The Labute approximate surface area is 168 Å². The number of rotatable bonds is 6. The number of hydrogen-bond acceptors (Lipinski definition) is 4. The Hall–Kier alpha value is -3.74. The van der Waals surface area contributed by atoms with Crippen LogP contribution < -0.4 is 5.32 Å². The lowest BCUT2D eigenvalue weighted by Crippen LogP contribution is -2.08. The van der Waals surface area contributed by atoms with Crippen molar-refractivity contribution in [2.24, 2.45) is 0 Å². The van der Waals surface area contributed by atoms with E-state index in [1.807, 2.05) is 18.5 Å². The second-order valence-electron chi connectivity index (χ2n) is 6.86. The van der Waals surface area contributed by atoms with Crippen LogP contribution in [0.15, 0.2) is 54.6 Å².